The van der Waals surface area contributed by atoms with Crippen LogP contribution in [0.1, 0.15) is 59.3 Å². The number of carboxylic acids is 1. The van der Waals surface area contributed by atoms with Crippen LogP contribution < -0.4 is 11.2 Å². The number of H-pyrrole nitrogens is 1. The number of aromatic amines is 1. The van der Waals surface area contributed by atoms with Crippen LogP contribution in [-0.2, 0) is 11.3 Å². The standard InChI is InChI=1S/C25H36N4O3/c1-24(2,25(3)11-12-25)17-19(22(30)31)26-21-18-9-4-5-10-20(18)29(23(32)27-21)16-8-15-28-13-6-7-14-28/h4-5,9-10,19H,6-8,11-17H2,1-3H3,(H,30,31)(H,26,27,32). The Bertz CT molecular complexity index is 1100. The lowest BCUT2D eigenvalue weighted by molar-refractivity contribution is -0.139. The number of fused-ring (bicyclic) bond motifs is 1. The second-order valence-corrected chi connectivity index (χ2v) is 10.5. The maximum Gasteiger partial charge on any atom is 0.328 e. The highest BCUT2D eigenvalue weighted by Gasteiger charge is 2.51. The molecule has 1 saturated heterocycles. The number of carbonyl (C=O) groups is 1. The van der Waals surface area contributed by atoms with Gasteiger partial charge >= 0.3 is 11.7 Å². The minimum Gasteiger partial charge on any atom is -0.480 e. The molecule has 2 aliphatic rings. The summed E-state index contributed by atoms with van der Waals surface area (Å²) in [5.74, 6) is -0.949. The number of para-hydroxylation sites is 1. The Morgan fingerprint density at radius 2 is 1.91 bits per heavy atom. The van der Waals surface area contributed by atoms with Crippen LogP contribution in [-0.4, -0.2) is 51.2 Å². The van der Waals surface area contributed by atoms with Gasteiger partial charge in [-0.1, -0.05) is 32.9 Å². The average Bonchev–Trinajstić information content (AvgIpc) is 3.30. The molecule has 32 heavy (non-hydrogen) atoms. The Morgan fingerprint density at radius 3 is 2.56 bits per heavy atom. The van der Waals surface area contributed by atoms with Crippen molar-refractivity contribution >= 4 is 16.9 Å². The fraction of sp³-hybridized carbons (Fsp3) is 0.640. The monoisotopic (exact) mass is 440 g/mol. The van der Waals surface area contributed by atoms with Gasteiger partial charge in [0.15, 0.2) is 0 Å². The Labute approximate surface area is 189 Å². The number of nitrogens with one attached hydrogen (secondary N) is 1. The second-order valence-electron chi connectivity index (χ2n) is 10.5. The number of aryl methyl sites for hydroxylation is 1. The number of benzene rings is 1. The zero-order chi connectivity index (χ0) is 22.9. The highest BCUT2D eigenvalue weighted by molar-refractivity contribution is 5.78. The van der Waals surface area contributed by atoms with E-state index in [2.05, 4.69) is 35.6 Å². The number of nitrogens with zero attached hydrogens (tertiary/aromatic N) is 3. The van der Waals surface area contributed by atoms with Gasteiger partial charge in [-0.25, -0.2) is 9.59 Å². The smallest absolute Gasteiger partial charge is 0.328 e. The summed E-state index contributed by atoms with van der Waals surface area (Å²) in [6.45, 7) is 10.4. The summed E-state index contributed by atoms with van der Waals surface area (Å²) in [5.41, 5.74) is 0.960. The number of carboxylic acid groups (broad SMARTS) is 1. The van der Waals surface area contributed by atoms with Crippen LogP contribution in [0, 0.1) is 10.8 Å². The molecule has 2 aromatic rings. The molecule has 7 nitrogen and oxygen atoms in total. The van der Waals surface area contributed by atoms with Crippen molar-refractivity contribution in [2.75, 3.05) is 19.6 Å². The van der Waals surface area contributed by atoms with E-state index in [1.807, 2.05) is 24.3 Å². The van der Waals surface area contributed by atoms with Gasteiger partial charge in [0, 0.05) is 11.9 Å². The molecule has 2 heterocycles. The van der Waals surface area contributed by atoms with Gasteiger partial charge in [0.25, 0.3) is 0 Å². The molecule has 7 heteroatoms. The summed E-state index contributed by atoms with van der Waals surface area (Å²) in [7, 11) is 0. The Balaban J connectivity index is 1.65. The molecular weight excluding hydrogens is 404 g/mol. The van der Waals surface area contributed by atoms with Crippen LogP contribution in [0.4, 0.5) is 0 Å². The molecule has 0 radical (unpaired) electrons. The predicted molar refractivity (Wildman–Crippen MR) is 126 cm³/mol. The number of rotatable bonds is 9. The average molecular weight is 441 g/mol. The van der Waals surface area contributed by atoms with Crippen molar-refractivity contribution < 1.29 is 9.90 Å². The highest BCUT2D eigenvalue weighted by Crippen LogP contribution is 2.60. The minimum atomic E-state index is -0.949. The Kier molecular flexibility index (Phi) is 6.30. The van der Waals surface area contributed by atoms with Gasteiger partial charge in [-0.3, -0.25) is 14.5 Å². The molecule has 1 aromatic heterocycles. The van der Waals surface area contributed by atoms with Crippen molar-refractivity contribution in [3.8, 4) is 0 Å². The van der Waals surface area contributed by atoms with Crippen molar-refractivity contribution in [3.05, 3.63) is 40.2 Å². The SMILES string of the molecule is CC(C)(CC(N=c1[nH]c(=O)n(CCCN2CCCC2)c2ccccc12)C(=O)O)C1(C)CC1. The lowest BCUT2D eigenvalue weighted by atomic mass is 9.72. The van der Waals surface area contributed by atoms with E-state index in [0.29, 0.717) is 18.5 Å². The van der Waals surface area contributed by atoms with E-state index < -0.39 is 12.0 Å². The molecule has 1 aliphatic heterocycles. The van der Waals surface area contributed by atoms with Crippen molar-refractivity contribution in [2.24, 2.45) is 15.8 Å². The van der Waals surface area contributed by atoms with Gasteiger partial charge in [-0.2, -0.15) is 0 Å². The second kappa shape index (κ2) is 8.85. The topological polar surface area (TPSA) is 90.7 Å². The van der Waals surface area contributed by atoms with Gasteiger partial charge in [-0.15, -0.1) is 0 Å². The molecule has 2 N–H and O–H groups in total. The molecule has 1 atom stereocenters. The fourth-order valence-electron chi connectivity index (χ4n) is 4.98. The van der Waals surface area contributed by atoms with Gasteiger partial charge < -0.3 is 10.0 Å². The van der Waals surface area contributed by atoms with Crippen LogP contribution in [0.3, 0.4) is 0 Å². The zero-order valence-electron chi connectivity index (χ0n) is 19.6. The summed E-state index contributed by atoms with van der Waals surface area (Å²) in [5, 5.41) is 10.7. The summed E-state index contributed by atoms with van der Waals surface area (Å²) in [6.07, 6.45) is 6.10. The first-order valence-corrected chi connectivity index (χ1v) is 11.9. The Hall–Kier alpha value is -2.41. The number of likely N-dealkylation sites (tertiary alicyclic amines) is 1. The molecule has 0 amide bonds. The molecule has 1 aromatic carbocycles. The van der Waals surface area contributed by atoms with Crippen molar-refractivity contribution in [3.63, 3.8) is 0 Å². The third-order valence-corrected chi connectivity index (χ3v) is 7.88. The molecule has 2 fully saturated rings. The van der Waals surface area contributed by atoms with Crippen LogP contribution in [0.5, 0.6) is 0 Å². The van der Waals surface area contributed by atoms with E-state index in [4.69, 9.17) is 0 Å². The van der Waals surface area contributed by atoms with Crippen molar-refractivity contribution in [2.45, 2.75) is 71.9 Å². The van der Waals surface area contributed by atoms with Crippen LogP contribution in [0.15, 0.2) is 34.1 Å². The first-order valence-electron chi connectivity index (χ1n) is 11.9. The largest absolute Gasteiger partial charge is 0.480 e. The van der Waals surface area contributed by atoms with Crippen LogP contribution in [0.2, 0.25) is 0 Å². The van der Waals surface area contributed by atoms with Gasteiger partial charge in [-0.05, 0) is 81.1 Å². The normalized spacial score (nSPS) is 20.0. The number of hydrogen-bond donors (Lipinski definition) is 2. The molecule has 1 unspecified atom stereocenters. The predicted octanol–water partition coefficient (Wildman–Crippen LogP) is 3.39. The Morgan fingerprint density at radius 1 is 1.22 bits per heavy atom. The molecule has 174 valence electrons. The molecular formula is C25H36N4O3. The minimum absolute atomic E-state index is 0.139. The lowest BCUT2D eigenvalue weighted by Crippen LogP contribution is -2.36. The zero-order valence-corrected chi connectivity index (χ0v) is 19.6. The lowest BCUT2D eigenvalue weighted by Gasteiger charge is -2.33. The van der Waals surface area contributed by atoms with Crippen molar-refractivity contribution in [1.82, 2.24) is 14.5 Å². The van der Waals surface area contributed by atoms with Crippen LogP contribution in [0.25, 0.3) is 10.9 Å². The maximum atomic E-state index is 13.0. The fourth-order valence-corrected chi connectivity index (χ4v) is 4.98. The van der Waals surface area contributed by atoms with Crippen molar-refractivity contribution in [1.29, 1.82) is 0 Å². The molecule has 4 rings (SSSR count). The maximum absolute atomic E-state index is 13.0. The summed E-state index contributed by atoms with van der Waals surface area (Å²) in [4.78, 5) is 35.0. The third-order valence-electron chi connectivity index (χ3n) is 7.88. The summed E-state index contributed by atoms with van der Waals surface area (Å²) >= 11 is 0. The summed E-state index contributed by atoms with van der Waals surface area (Å²) in [6, 6.07) is 6.75. The number of hydrogen-bond acceptors (Lipinski definition) is 4. The summed E-state index contributed by atoms with van der Waals surface area (Å²) < 4.78 is 1.76. The van der Waals surface area contributed by atoms with E-state index in [-0.39, 0.29) is 16.5 Å². The van der Waals surface area contributed by atoms with E-state index in [9.17, 15) is 14.7 Å². The van der Waals surface area contributed by atoms with E-state index in [1.165, 1.54) is 12.8 Å². The molecule has 1 aliphatic carbocycles. The first-order chi connectivity index (χ1) is 15.2. The quantitative estimate of drug-likeness (QED) is 0.625. The molecule has 1 saturated carbocycles. The highest BCUT2D eigenvalue weighted by atomic mass is 16.4. The molecule has 0 spiro atoms. The third kappa shape index (κ3) is 4.68. The number of aliphatic carboxylic acids is 1. The number of aromatic nitrogens is 2. The molecule has 0 bridgehead atoms. The van der Waals surface area contributed by atoms with E-state index >= 15 is 0 Å². The van der Waals surface area contributed by atoms with E-state index in [1.54, 1.807) is 4.57 Å². The first kappa shape index (κ1) is 22.8. The van der Waals surface area contributed by atoms with E-state index in [0.717, 1.165) is 49.8 Å². The van der Waals surface area contributed by atoms with Gasteiger partial charge in [0.05, 0.1) is 5.52 Å². The van der Waals surface area contributed by atoms with Crippen LogP contribution >= 0.6 is 0 Å². The van der Waals surface area contributed by atoms with Gasteiger partial charge in [0.1, 0.15) is 11.5 Å². The van der Waals surface area contributed by atoms with Gasteiger partial charge in [0.2, 0.25) is 0 Å².